The van der Waals surface area contributed by atoms with Crippen molar-refractivity contribution in [2.24, 2.45) is 0 Å². The molecule has 0 aliphatic rings. The molecule has 0 radical (unpaired) electrons. The molecule has 19 heavy (non-hydrogen) atoms. The Kier molecular flexibility index (Phi) is 3.96. The summed E-state index contributed by atoms with van der Waals surface area (Å²) in [7, 11) is 1.58. The lowest BCUT2D eigenvalue weighted by Crippen LogP contribution is -2.28. The molecule has 2 aromatic rings. The van der Waals surface area contributed by atoms with Crippen LogP contribution in [0.15, 0.2) is 17.5 Å². The highest BCUT2D eigenvalue weighted by atomic mass is 32.1. The molecule has 0 aliphatic heterocycles. The predicted molar refractivity (Wildman–Crippen MR) is 75.2 cm³/mol. The van der Waals surface area contributed by atoms with E-state index < -0.39 is 5.97 Å². The summed E-state index contributed by atoms with van der Waals surface area (Å²) in [4.78, 5) is 25.6. The molecule has 0 spiro atoms. The number of aryl methyl sites for hydroxylation is 1. The van der Waals surface area contributed by atoms with E-state index in [0.717, 1.165) is 16.4 Å². The maximum Gasteiger partial charge on any atom is 0.340 e. The minimum atomic E-state index is -1.06. The van der Waals surface area contributed by atoms with Gasteiger partial charge in [0, 0.05) is 11.9 Å². The first-order valence-corrected chi connectivity index (χ1v) is 7.14. The number of hydrogen-bond donors (Lipinski definition) is 1. The molecule has 0 unspecified atom stereocenters. The molecule has 100 valence electrons. The van der Waals surface area contributed by atoms with Gasteiger partial charge >= 0.3 is 5.97 Å². The molecule has 2 heterocycles. The molecule has 0 aliphatic carbocycles. The SMILES string of the molecule is Cc1nsc(N(C)C(=O)Cc2cccs2)c1C(=O)O. The minimum Gasteiger partial charge on any atom is -0.478 e. The van der Waals surface area contributed by atoms with Crippen molar-refractivity contribution in [1.82, 2.24) is 4.37 Å². The number of carboxylic acids is 1. The van der Waals surface area contributed by atoms with Crippen molar-refractivity contribution in [3.8, 4) is 0 Å². The van der Waals surface area contributed by atoms with E-state index in [2.05, 4.69) is 4.37 Å². The lowest BCUT2D eigenvalue weighted by Gasteiger charge is -2.15. The van der Waals surface area contributed by atoms with Gasteiger partial charge in [0.2, 0.25) is 5.91 Å². The summed E-state index contributed by atoms with van der Waals surface area (Å²) >= 11 is 2.53. The van der Waals surface area contributed by atoms with E-state index in [1.54, 1.807) is 14.0 Å². The number of rotatable bonds is 4. The number of carbonyl (C=O) groups excluding carboxylic acids is 1. The third-order valence-corrected chi connectivity index (χ3v) is 4.54. The zero-order valence-corrected chi connectivity index (χ0v) is 12.0. The fourth-order valence-corrected chi connectivity index (χ4v) is 3.19. The number of carboxylic acid groups (broad SMARTS) is 1. The first-order valence-electron chi connectivity index (χ1n) is 5.49. The van der Waals surface area contributed by atoms with Crippen molar-refractivity contribution in [3.63, 3.8) is 0 Å². The van der Waals surface area contributed by atoms with E-state index in [-0.39, 0.29) is 17.9 Å². The second kappa shape index (κ2) is 5.50. The number of amides is 1. The van der Waals surface area contributed by atoms with Gasteiger partial charge in [0.05, 0.1) is 12.1 Å². The quantitative estimate of drug-likeness (QED) is 0.940. The van der Waals surface area contributed by atoms with Gasteiger partial charge in [0.15, 0.2) is 0 Å². The zero-order valence-electron chi connectivity index (χ0n) is 10.4. The average molecular weight is 296 g/mol. The smallest absolute Gasteiger partial charge is 0.340 e. The summed E-state index contributed by atoms with van der Waals surface area (Å²) in [5.74, 6) is -1.20. The molecule has 2 rings (SSSR count). The third kappa shape index (κ3) is 2.82. The number of carbonyl (C=O) groups is 2. The summed E-state index contributed by atoms with van der Waals surface area (Å²) in [5, 5.41) is 11.4. The van der Waals surface area contributed by atoms with Crippen molar-refractivity contribution in [2.75, 3.05) is 11.9 Å². The van der Waals surface area contributed by atoms with Crippen LogP contribution in [0, 0.1) is 6.92 Å². The summed E-state index contributed by atoms with van der Waals surface area (Å²) in [6.07, 6.45) is 0.268. The maximum atomic E-state index is 12.1. The Labute approximate surface area is 118 Å². The first-order chi connectivity index (χ1) is 9.00. The van der Waals surface area contributed by atoms with E-state index >= 15 is 0 Å². The topological polar surface area (TPSA) is 70.5 Å². The molecule has 0 fully saturated rings. The summed E-state index contributed by atoms with van der Waals surface area (Å²) in [6, 6.07) is 3.76. The highest BCUT2D eigenvalue weighted by Gasteiger charge is 2.23. The highest BCUT2D eigenvalue weighted by molar-refractivity contribution is 7.11. The van der Waals surface area contributed by atoms with E-state index in [1.165, 1.54) is 16.2 Å². The van der Waals surface area contributed by atoms with Crippen LogP contribution in [0.4, 0.5) is 5.00 Å². The van der Waals surface area contributed by atoms with E-state index in [4.69, 9.17) is 5.11 Å². The first kappa shape index (κ1) is 13.7. The molecule has 1 amide bonds. The van der Waals surface area contributed by atoms with Gasteiger partial charge in [-0.2, -0.15) is 4.37 Å². The van der Waals surface area contributed by atoms with Crippen LogP contribution in [-0.2, 0) is 11.2 Å². The molecular weight excluding hydrogens is 284 g/mol. The predicted octanol–water partition coefficient (Wildman–Crippen LogP) is 2.42. The minimum absolute atomic E-state index is 0.104. The number of aromatic nitrogens is 1. The van der Waals surface area contributed by atoms with Crippen LogP contribution in [0.3, 0.4) is 0 Å². The Balaban J connectivity index is 2.22. The normalized spacial score (nSPS) is 10.4. The van der Waals surface area contributed by atoms with Gasteiger partial charge in [-0.15, -0.1) is 11.3 Å². The zero-order chi connectivity index (χ0) is 14.0. The van der Waals surface area contributed by atoms with Crippen LogP contribution in [0.5, 0.6) is 0 Å². The summed E-state index contributed by atoms with van der Waals surface area (Å²) in [6.45, 7) is 1.63. The van der Waals surface area contributed by atoms with Gasteiger partial charge in [-0.3, -0.25) is 4.79 Å². The monoisotopic (exact) mass is 296 g/mol. The summed E-state index contributed by atoms with van der Waals surface area (Å²) in [5.41, 5.74) is 0.537. The van der Waals surface area contributed by atoms with Gasteiger partial charge < -0.3 is 10.0 Å². The van der Waals surface area contributed by atoms with Gasteiger partial charge in [-0.25, -0.2) is 4.79 Å². The van der Waals surface area contributed by atoms with Crippen molar-refractivity contribution >= 4 is 39.7 Å². The fraction of sp³-hybridized carbons (Fsp3) is 0.250. The van der Waals surface area contributed by atoms with E-state index in [9.17, 15) is 9.59 Å². The average Bonchev–Trinajstić information content (AvgIpc) is 2.97. The standard InChI is InChI=1S/C12H12N2O3S2/c1-7-10(12(16)17)11(19-13-7)14(2)9(15)6-8-4-3-5-18-8/h3-5H,6H2,1-2H3,(H,16,17). The lowest BCUT2D eigenvalue weighted by atomic mass is 10.2. The molecule has 7 heteroatoms. The number of hydrogen-bond acceptors (Lipinski definition) is 5. The van der Waals surface area contributed by atoms with Crippen molar-refractivity contribution in [2.45, 2.75) is 13.3 Å². The second-order valence-corrected chi connectivity index (χ2v) is 5.75. The molecule has 5 nitrogen and oxygen atoms in total. The number of likely N-dealkylation sites (N-methyl/N-ethyl adjacent to an activating group) is 1. The van der Waals surface area contributed by atoms with E-state index in [1.807, 2.05) is 17.5 Å². The molecule has 0 aromatic carbocycles. The van der Waals surface area contributed by atoms with Crippen LogP contribution in [0.1, 0.15) is 20.9 Å². The van der Waals surface area contributed by atoms with Crippen molar-refractivity contribution in [3.05, 3.63) is 33.6 Å². The molecule has 0 saturated heterocycles. The molecular formula is C12H12N2O3S2. The maximum absolute atomic E-state index is 12.1. The van der Waals surface area contributed by atoms with Crippen LogP contribution in [0.25, 0.3) is 0 Å². The van der Waals surface area contributed by atoms with Gasteiger partial charge in [-0.05, 0) is 29.9 Å². The molecule has 0 saturated carbocycles. The molecule has 1 N–H and O–H groups in total. The van der Waals surface area contributed by atoms with Gasteiger partial charge in [0.25, 0.3) is 0 Å². The highest BCUT2D eigenvalue weighted by Crippen LogP contribution is 2.28. The number of nitrogens with zero attached hydrogens (tertiary/aromatic N) is 2. The largest absolute Gasteiger partial charge is 0.478 e. The lowest BCUT2D eigenvalue weighted by molar-refractivity contribution is -0.117. The Morgan fingerprint density at radius 2 is 2.21 bits per heavy atom. The Hall–Kier alpha value is -1.73. The van der Waals surface area contributed by atoms with Gasteiger partial charge in [0.1, 0.15) is 10.6 Å². The van der Waals surface area contributed by atoms with Crippen LogP contribution >= 0.6 is 22.9 Å². The summed E-state index contributed by atoms with van der Waals surface area (Å²) < 4.78 is 4.01. The Bertz CT molecular complexity index is 605. The molecule has 2 aromatic heterocycles. The van der Waals surface area contributed by atoms with Crippen LogP contribution in [-0.4, -0.2) is 28.4 Å². The third-order valence-electron chi connectivity index (χ3n) is 2.64. The van der Waals surface area contributed by atoms with Crippen LogP contribution < -0.4 is 4.90 Å². The fourth-order valence-electron chi connectivity index (χ4n) is 1.63. The second-order valence-electron chi connectivity index (χ2n) is 3.96. The molecule has 0 atom stereocenters. The Morgan fingerprint density at radius 3 is 2.79 bits per heavy atom. The Morgan fingerprint density at radius 1 is 1.47 bits per heavy atom. The number of aromatic carboxylic acids is 1. The van der Waals surface area contributed by atoms with Crippen molar-refractivity contribution in [1.29, 1.82) is 0 Å². The van der Waals surface area contributed by atoms with Crippen LogP contribution in [0.2, 0.25) is 0 Å². The number of anilines is 1. The van der Waals surface area contributed by atoms with Crippen molar-refractivity contribution < 1.29 is 14.7 Å². The van der Waals surface area contributed by atoms with Gasteiger partial charge in [-0.1, -0.05) is 6.07 Å². The van der Waals surface area contributed by atoms with E-state index in [0.29, 0.717) is 10.7 Å². The number of thiophene rings is 1. The molecule has 0 bridgehead atoms.